The maximum Gasteiger partial charge on any atom is 0.0462 e. The molecule has 0 N–H and O–H groups in total. The summed E-state index contributed by atoms with van der Waals surface area (Å²) in [6.45, 7) is 0. The van der Waals surface area contributed by atoms with E-state index >= 15 is 0 Å². The second-order valence-corrected chi connectivity index (χ2v) is 15.7. The summed E-state index contributed by atoms with van der Waals surface area (Å²) >= 11 is 0. The molecule has 59 heavy (non-hydrogen) atoms. The van der Waals surface area contributed by atoms with E-state index in [2.05, 4.69) is 229 Å². The largest absolute Gasteiger partial charge is 0.311 e. The van der Waals surface area contributed by atoms with Crippen molar-refractivity contribution in [2.45, 2.75) is 0 Å². The third-order valence-electron chi connectivity index (χ3n) is 12.3. The summed E-state index contributed by atoms with van der Waals surface area (Å²) in [6, 6.07) is 82.5. The predicted molar refractivity (Wildman–Crippen MR) is 254 cm³/mol. The summed E-state index contributed by atoms with van der Waals surface area (Å²) in [6.07, 6.45) is 0. The third kappa shape index (κ3) is 5.47. The summed E-state index contributed by atoms with van der Waals surface area (Å²) in [7, 11) is 0. The van der Waals surface area contributed by atoms with E-state index in [1.807, 2.05) is 0 Å². The van der Waals surface area contributed by atoms with Crippen molar-refractivity contribution in [1.82, 2.24) is 0 Å². The summed E-state index contributed by atoms with van der Waals surface area (Å²) in [5.74, 6) is 0. The van der Waals surface area contributed by atoms with Gasteiger partial charge in [-0.05, 0) is 153 Å². The van der Waals surface area contributed by atoms with E-state index in [0.717, 1.165) is 17.1 Å². The highest BCUT2D eigenvalue weighted by Gasteiger charge is 2.17. The molecule has 0 aliphatic heterocycles. The van der Waals surface area contributed by atoms with Crippen LogP contribution in [-0.2, 0) is 0 Å². The Labute approximate surface area is 343 Å². The van der Waals surface area contributed by atoms with E-state index in [-0.39, 0.29) is 0 Å². The monoisotopic (exact) mass is 747 g/mol. The molecule has 0 saturated carbocycles. The standard InChI is InChI=1S/C58H37N/c1-3-11-38(12-4-1)39-27-31-49(32-28-39)59(48-18-5-2-6-19-48)50-33-29-40(30-34-50)44-16-7-17-45(35-44)47-36-46-26-25-43-14-9-21-52-51-20-8-13-41-23-24-42-15-10-22-53(57(42)55(41)51)54(37-47)58(46)56(43)52/h1-37H. The van der Waals surface area contributed by atoms with Crippen molar-refractivity contribution in [1.29, 1.82) is 0 Å². The molecule has 0 aromatic heterocycles. The zero-order chi connectivity index (χ0) is 38.9. The fraction of sp³-hybridized carbons (Fsp3) is 0. The first-order valence-corrected chi connectivity index (χ1v) is 20.4. The van der Waals surface area contributed by atoms with Crippen LogP contribution in [0, 0.1) is 0 Å². The Balaban J connectivity index is 0.988. The molecule has 0 aliphatic rings. The molecular formula is C58H37N. The SMILES string of the molecule is c1ccc(-c2ccc(N(c3ccccc3)c3ccc(-c4cccc(-c5cc6ccc7cccc8c9cccc%10ccc%11cccc(c(c5)c6c78)c%11c%109)c4)cc3)cc2)cc1. The van der Waals surface area contributed by atoms with Crippen LogP contribution in [0.3, 0.4) is 0 Å². The van der Waals surface area contributed by atoms with Crippen LogP contribution in [0.2, 0.25) is 0 Å². The maximum absolute atomic E-state index is 2.45. The van der Waals surface area contributed by atoms with Gasteiger partial charge < -0.3 is 4.90 Å². The molecule has 274 valence electrons. The Kier molecular flexibility index (Phi) is 7.61. The Morgan fingerprint density at radius 3 is 1.15 bits per heavy atom. The highest BCUT2D eigenvalue weighted by atomic mass is 15.1. The number of nitrogens with zero attached hydrogens (tertiary/aromatic N) is 1. The fourth-order valence-electron chi connectivity index (χ4n) is 9.59. The van der Waals surface area contributed by atoms with Gasteiger partial charge in [0.2, 0.25) is 0 Å². The minimum Gasteiger partial charge on any atom is -0.311 e. The molecule has 12 rings (SSSR count). The van der Waals surface area contributed by atoms with Gasteiger partial charge in [-0.1, -0.05) is 170 Å². The van der Waals surface area contributed by atoms with Crippen LogP contribution >= 0.6 is 0 Å². The first-order valence-electron chi connectivity index (χ1n) is 20.4. The molecule has 0 spiro atoms. The lowest BCUT2D eigenvalue weighted by Crippen LogP contribution is -2.09. The van der Waals surface area contributed by atoms with Crippen LogP contribution in [0.15, 0.2) is 224 Å². The van der Waals surface area contributed by atoms with Crippen molar-refractivity contribution >= 4 is 81.7 Å². The van der Waals surface area contributed by atoms with Crippen molar-refractivity contribution in [3.05, 3.63) is 224 Å². The number of rotatable bonds is 6. The molecule has 12 aromatic carbocycles. The molecule has 0 saturated heterocycles. The average Bonchev–Trinajstić information content (AvgIpc) is 3.31. The molecule has 0 bridgehead atoms. The normalized spacial score (nSPS) is 11.7. The Morgan fingerprint density at radius 1 is 0.203 bits per heavy atom. The van der Waals surface area contributed by atoms with Gasteiger partial charge in [0.05, 0.1) is 0 Å². The average molecular weight is 748 g/mol. The van der Waals surface area contributed by atoms with Crippen molar-refractivity contribution < 1.29 is 0 Å². The third-order valence-corrected chi connectivity index (χ3v) is 12.3. The summed E-state index contributed by atoms with van der Waals surface area (Å²) in [5.41, 5.74) is 10.6. The van der Waals surface area contributed by atoms with Gasteiger partial charge in [-0.15, -0.1) is 0 Å². The number of hydrogen-bond acceptors (Lipinski definition) is 1. The van der Waals surface area contributed by atoms with Crippen LogP contribution in [0.5, 0.6) is 0 Å². The zero-order valence-electron chi connectivity index (χ0n) is 32.3. The van der Waals surface area contributed by atoms with Gasteiger partial charge in [0.1, 0.15) is 0 Å². The van der Waals surface area contributed by atoms with Crippen molar-refractivity contribution in [3.8, 4) is 33.4 Å². The number of hydrogen-bond donors (Lipinski definition) is 0. The molecule has 0 fully saturated rings. The van der Waals surface area contributed by atoms with E-state index in [0.29, 0.717) is 0 Å². The van der Waals surface area contributed by atoms with E-state index in [1.165, 1.54) is 98.0 Å². The van der Waals surface area contributed by atoms with Crippen molar-refractivity contribution in [3.63, 3.8) is 0 Å². The molecule has 0 unspecified atom stereocenters. The Hall–Kier alpha value is -7.74. The van der Waals surface area contributed by atoms with E-state index in [9.17, 15) is 0 Å². The van der Waals surface area contributed by atoms with E-state index in [4.69, 9.17) is 0 Å². The van der Waals surface area contributed by atoms with Gasteiger partial charge in [0, 0.05) is 17.1 Å². The molecular weight excluding hydrogens is 711 g/mol. The van der Waals surface area contributed by atoms with Crippen LogP contribution in [0.4, 0.5) is 17.1 Å². The number of anilines is 3. The molecule has 0 aliphatic carbocycles. The molecule has 0 amide bonds. The Morgan fingerprint density at radius 2 is 0.593 bits per heavy atom. The summed E-state index contributed by atoms with van der Waals surface area (Å²) in [5, 5.41) is 15.6. The number of benzene rings is 11. The minimum atomic E-state index is 1.11. The smallest absolute Gasteiger partial charge is 0.0462 e. The lowest BCUT2D eigenvalue weighted by Gasteiger charge is -2.26. The van der Waals surface area contributed by atoms with Crippen molar-refractivity contribution in [2.24, 2.45) is 0 Å². The molecule has 12 aromatic rings. The van der Waals surface area contributed by atoms with Crippen LogP contribution in [0.1, 0.15) is 0 Å². The van der Waals surface area contributed by atoms with Gasteiger partial charge in [0.25, 0.3) is 0 Å². The second-order valence-electron chi connectivity index (χ2n) is 15.7. The first kappa shape index (κ1) is 33.4. The molecule has 0 radical (unpaired) electrons. The van der Waals surface area contributed by atoms with Crippen LogP contribution < -0.4 is 4.90 Å². The zero-order valence-corrected chi connectivity index (χ0v) is 32.3. The van der Waals surface area contributed by atoms with Gasteiger partial charge >= 0.3 is 0 Å². The maximum atomic E-state index is 2.45. The number of para-hydroxylation sites is 1. The van der Waals surface area contributed by atoms with Crippen LogP contribution in [0.25, 0.3) is 98.0 Å². The predicted octanol–water partition coefficient (Wildman–Crippen LogP) is 16.5. The summed E-state index contributed by atoms with van der Waals surface area (Å²) in [4.78, 5) is 2.33. The highest BCUT2D eigenvalue weighted by molar-refractivity contribution is 6.37. The van der Waals surface area contributed by atoms with Crippen LogP contribution in [-0.4, -0.2) is 0 Å². The lowest BCUT2D eigenvalue weighted by atomic mass is 9.86. The minimum absolute atomic E-state index is 1.11. The van der Waals surface area contributed by atoms with Gasteiger partial charge in [0.15, 0.2) is 0 Å². The van der Waals surface area contributed by atoms with E-state index in [1.54, 1.807) is 0 Å². The molecule has 1 heteroatoms. The highest BCUT2D eigenvalue weighted by Crippen LogP contribution is 2.45. The second kappa shape index (κ2) is 13.4. The van der Waals surface area contributed by atoms with Crippen molar-refractivity contribution in [2.75, 3.05) is 4.90 Å². The number of fused-ring (bicyclic) bond motifs is 2. The van der Waals surface area contributed by atoms with Gasteiger partial charge in [-0.25, -0.2) is 0 Å². The quantitative estimate of drug-likeness (QED) is 0.153. The molecule has 1 nitrogen and oxygen atoms in total. The molecule has 0 atom stereocenters. The summed E-state index contributed by atoms with van der Waals surface area (Å²) < 4.78 is 0. The van der Waals surface area contributed by atoms with Gasteiger partial charge in [-0.2, -0.15) is 0 Å². The topological polar surface area (TPSA) is 3.24 Å². The first-order chi connectivity index (χ1) is 29.2. The fourth-order valence-corrected chi connectivity index (χ4v) is 9.59. The lowest BCUT2D eigenvalue weighted by molar-refractivity contribution is 1.28. The Bertz CT molecular complexity index is 3510. The molecule has 0 heterocycles. The van der Waals surface area contributed by atoms with Gasteiger partial charge in [-0.3, -0.25) is 0 Å². The van der Waals surface area contributed by atoms with E-state index < -0.39 is 0 Å².